The SMILES string of the molecule is O=C(NCC(c1cccs1)n1cccn1)C1CCC1. The Morgan fingerprint density at radius 1 is 1.53 bits per heavy atom. The van der Waals surface area contributed by atoms with Crippen LogP contribution in [0.25, 0.3) is 0 Å². The van der Waals surface area contributed by atoms with Gasteiger partial charge >= 0.3 is 0 Å². The van der Waals surface area contributed by atoms with Gasteiger partial charge in [0.2, 0.25) is 5.91 Å². The molecule has 2 heterocycles. The molecule has 0 radical (unpaired) electrons. The number of carbonyl (C=O) groups is 1. The lowest BCUT2D eigenvalue weighted by molar-refractivity contribution is -0.127. The standard InChI is InChI=1S/C14H17N3OS/c18-14(11-4-1-5-11)15-10-12(13-6-2-9-19-13)17-8-3-7-16-17/h2-3,6-9,11-12H,1,4-5,10H2,(H,15,18). The van der Waals surface area contributed by atoms with Crippen molar-refractivity contribution in [2.24, 2.45) is 5.92 Å². The van der Waals surface area contributed by atoms with Crippen molar-refractivity contribution in [2.45, 2.75) is 25.3 Å². The average Bonchev–Trinajstić information content (AvgIpc) is 2.98. The van der Waals surface area contributed by atoms with Gasteiger partial charge in [-0.15, -0.1) is 11.3 Å². The number of hydrogen-bond acceptors (Lipinski definition) is 3. The summed E-state index contributed by atoms with van der Waals surface area (Å²) in [6.07, 6.45) is 6.98. The topological polar surface area (TPSA) is 46.9 Å². The maximum absolute atomic E-state index is 11.9. The van der Waals surface area contributed by atoms with Crippen molar-refractivity contribution in [3.05, 3.63) is 40.8 Å². The second-order valence-electron chi connectivity index (χ2n) is 4.89. The maximum atomic E-state index is 11.9. The molecule has 1 atom stereocenters. The first kappa shape index (κ1) is 12.4. The van der Waals surface area contributed by atoms with Gasteiger partial charge < -0.3 is 5.32 Å². The fourth-order valence-corrected chi connectivity index (χ4v) is 3.10. The van der Waals surface area contributed by atoms with E-state index in [2.05, 4.69) is 21.9 Å². The number of rotatable bonds is 5. The van der Waals surface area contributed by atoms with Gasteiger partial charge in [-0.2, -0.15) is 5.10 Å². The third-order valence-corrected chi connectivity index (χ3v) is 4.63. The summed E-state index contributed by atoms with van der Waals surface area (Å²) in [6.45, 7) is 0.609. The highest BCUT2D eigenvalue weighted by Gasteiger charge is 2.26. The van der Waals surface area contributed by atoms with Crippen LogP contribution in [0, 0.1) is 5.92 Å². The molecule has 1 aliphatic rings. The molecule has 0 saturated heterocycles. The summed E-state index contributed by atoms with van der Waals surface area (Å²) >= 11 is 1.70. The van der Waals surface area contributed by atoms with E-state index in [1.54, 1.807) is 17.5 Å². The van der Waals surface area contributed by atoms with Crippen LogP contribution in [0.2, 0.25) is 0 Å². The largest absolute Gasteiger partial charge is 0.353 e. The molecule has 1 aliphatic carbocycles. The van der Waals surface area contributed by atoms with E-state index in [0.717, 1.165) is 12.8 Å². The Morgan fingerprint density at radius 3 is 3.00 bits per heavy atom. The number of thiophene rings is 1. The highest BCUT2D eigenvalue weighted by molar-refractivity contribution is 7.10. The Bertz CT molecular complexity index is 483. The van der Waals surface area contributed by atoms with Crippen LogP contribution in [0.5, 0.6) is 0 Å². The molecule has 0 spiro atoms. The molecule has 0 aliphatic heterocycles. The lowest BCUT2D eigenvalue weighted by atomic mass is 9.85. The maximum Gasteiger partial charge on any atom is 0.223 e. The van der Waals surface area contributed by atoms with Crippen molar-refractivity contribution in [3.63, 3.8) is 0 Å². The van der Waals surface area contributed by atoms with E-state index in [0.29, 0.717) is 6.54 Å². The molecule has 1 saturated carbocycles. The van der Waals surface area contributed by atoms with Gasteiger partial charge in [0, 0.05) is 29.7 Å². The fraction of sp³-hybridized carbons (Fsp3) is 0.429. The van der Waals surface area contributed by atoms with E-state index in [4.69, 9.17) is 0 Å². The van der Waals surface area contributed by atoms with Crippen molar-refractivity contribution in [1.29, 1.82) is 0 Å². The van der Waals surface area contributed by atoms with Crippen LogP contribution in [0.3, 0.4) is 0 Å². The number of aromatic nitrogens is 2. The Kier molecular flexibility index (Phi) is 3.64. The molecule has 0 bridgehead atoms. The molecule has 1 amide bonds. The van der Waals surface area contributed by atoms with Crippen LogP contribution in [-0.4, -0.2) is 22.2 Å². The summed E-state index contributed by atoms with van der Waals surface area (Å²) in [7, 11) is 0. The third-order valence-electron chi connectivity index (χ3n) is 3.66. The van der Waals surface area contributed by atoms with E-state index < -0.39 is 0 Å². The highest BCUT2D eigenvalue weighted by atomic mass is 32.1. The van der Waals surface area contributed by atoms with Crippen LogP contribution in [0.4, 0.5) is 0 Å². The summed E-state index contributed by atoms with van der Waals surface area (Å²) in [5.74, 6) is 0.432. The average molecular weight is 275 g/mol. The van der Waals surface area contributed by atoms with Crippen molar-refractivity contribution in [1.82, 2.24) is 15.1 Å². The first-order valence-electron chi connectivity index (χ1n) is 6.65. The summed E-state index contributed by atoms with van der Waals surface area (Å²) in [6, 6.07) is 6.13. The highest BCUT2D eigenvalue weighted by Crippen LogP contribution is 2.27. The zero-order chi connectivity index (χ0) is 13.1. The molecule has 2 aromatic rings. The Hall–Kier alpha value is -1.62. The monoisotopic (exact) mass is 275 g/mol. The van der Waals surface area contributed by atoms with Gasteiger partial charge in [0.15, 0.2) is 0 Å². The second kappa shape index (κ2) is 5.57. The molecular weight excluding hydrogens is 258 g/mol. The van der Waals surface area contributed by atoms with Crippen LogP contribution < -0.4 is 5.32 Å². The lowest BCUT2D eigenvalue weighted by Gasteiger charge is -2.25. The Morgan fingerprint density at radius 2 is 2.42 bits per heavy atom. The van der Waals surface area contributed by atoms with Gasteiger partial charge in [-0.1, -0.05) is 12.5 Å². The number of carbonyl (C=O) groups excluding carboxylic acids is 1. The smallest absolute Gasteiger partial charge is 0.223 e. The lowest BCUT2D eigenvalue weighted by Crippen LogP contribution is -2.38. The molecule has 4 nitrogen and oxygen atoms in total. The van der Waals surface area contributed by atoms with Crippen molar-refractivity contribution in [2.75, 3.05) is 6.54 Å². The first-order chi connectivity index (χ1) is 9.34. The van der Waals surface area contributed by atoms with E-state index in [1.807, 2.05) is 23.0 Å². The third kappa shape index (κ3) is 2.71. The summed E-state index contributed by atoms with van der Waals surface area (Å²) in [4.78, 5) is 13.2. The minimum Gasteiger partial charge on any atom is -0.353 e. The molecule has 1 unspecified atom stereocenters. The second-order valence-corrected chi connectivity index (χ2v) is 5.87. The van der Waals surface area contributed by atoms with Crippen molar-refractivity contribution in [3.8, 4) is 0 Å². The van der Waals surface area contributed by atoms with Gasteiger partial charge in [0.1, 0.15) is 6.04 Å². The van der Waals surface area contributed by atoms with Crippen LogP contribution in [-0.2, 0) is 4.79 Å². The van der Waals surface area contributed by atoms with Crippen LogP contribution in [0.15, 0.2) is 36.0 Å². The molecule has 19 heavy (non-hydrogen) atoms. The number of nitrogens with one attached hydrogen (secondary N) is 1. The zero-order valence-electron chi connectivity index (χ0n) is 10.7. The molecule has 2 aromatic heterocycles. The zero-order valence-corrected chi connectivity index (χ0v) is 11.5. The Labute approximate surface area is 116 Å². The number of hydrogen-bond donors (Lipinski definition) is 1. The predicted molar refractivity (Wildman–Crippen MR) is 75.0 cm³/mol. The quantitative estimate of drug-likeness (QED) is 0.911. The first-order valence-corrected chi connectivity index (χ1v) is 7.53. The van der Waals surface area contributed by atoms with E-state index in [-0.39, 0.29) is 17.9 Å². The predicted octanol–water partition coefficient (Wildman–Crippen LogP) is 2.45. The number of amides is 1. The minimum absolute atomic E-state index is 0.0963. The van der Waals surface area contributed by atoms with Gasteiger partial charge in [-0.05, 0) is 30.4 Å². The molecule has 100 valence electrons. The molecule has 5 heteroatoms. The molecule has 3 rings (SSSR count). The fourth-order valence-electron chi connectivity index (χ4n) is 2.28. The van der Waals surface area contributed by atoms with E-state index in [1.165, 1.54) is 11.3 Å². The van der Waals surface area contributed by atoms with Gasteiger partial charge in [0.05, 0.1) is 0 Å². The van der Waals surface area contributed by atoms with Crippen molar-refractivity contribution < 1.29 is 4.79 Å². The Balaban J connectivity index is 1.68. The van der Waals surface area contributed by atoms with E-state index in [9.17, 15) is 4.79 Å². The van der Waals surface area contributed by atoms with Crippen LogP contribution >= 0.6 is 11.3 Å². The van der Waals surface area contributed by atoms with Gasteiger partial charge in [0.25, 0.3) is 0 Å². The molecule has 1 N–H and O–H groups in total. The summed E-state index contributed by atoms with van der Waals surface area (Å²) < 4.78 is 1.91. The van der Waals surface area contributed by atoms with Crippen molar-refractivity contribution >= 4 is 17.2 Å². The molecule has 1 fully saturated rings. The molecular formula is C14H17N3OS. The summed E-state index contributed by atoms with van der Waals surface area (Å²) in [5, 5.41) is 9.42. The van der Waals surface area contributed by atoms with Gasteiger partial charge in [-0.25, -0.2) is 0 Å². The van der Waals surface area contributed by atoms with Crippen LogP contribution in [0.1, 0.15) is 30.2 Å². The molecule has 0 aromatic carbocycles. The van der Waals surface area contributed by atoms with Gasteiger partial charge in [-0.3, -0.25) is 9.48 Å². The van der Waals surface area contributed by atoms with E-state index >= 15 is 0 Å². The minimum atomic E-state index is 0.0963. The number of nitrogens with zero attached hydrogens (tertiary/aromatic N) is 2. The summed E-state index contributed by atoms with van der Waals surface area (Å²) in [5.41, 5.74) is 0. The normalized spacial score (nSPS) is 16.8.